The van der Waals surface area contributed by atoms with Crippen LogP contribution >= 0.6 is 0 Å². The molecule has 2 saturated heterocycles. The molecule has 0 radical (unpaired) electrons. The molecular weight excluding hydrogens is 378 g/mol. The second-order valence-corrected chi connectivity index (χ2v) is 8.93. The van der Waals surface area contributed by atoms with Crippen LogP contribution < -0.4 is 0 Å². The van der Waals surface area contributed by atoms with Crippen LogP contribution in [0.3, 0.4) is 0 Å². The smallest absolute Gasteiger partial charge is 0.256 e. The summed E-state index contributed by atoms with van der Waals surface area (Å²) in [6, 6.07) is 10.6. The van der Waals surface area contributed by atoms with Gasteiger partial charge in [0, 0.05) is 46.2 Å². The monoisotopic (exact) mass is 411 g/mol. The second-order valence-electron chi connectivity index (χ2n) is 8.93. The molecule has 0 aliphatic carbocycles. The van der Waals surface area contributed by atoms with Gasteiger partial charge in [-0.05, 0) is 30.7 Å². The third-order valence-corrected chi connectivity index (χ3v) is 6.69. The fourth-order valence-corrected chi connectivity index (χ4v) is 4.89. The molecule has 4 rings (SSSR count). The number of amides is 2. The standard InChI is InChI=1S/C24H33N3O3/c1-25-12-6-5-11-24(23(25)29)19-26(15-16-30-24)18-22(28)27-13-9-21(10-14-27)17-20-7-3-2-4-8-20/h2-8,21H,9-19H2,1H3/t24-/m1/s1. The maximum atomic E-state index is 13.0. The first-order chi connectivity index (χ1) is 14.6. The number of carbonyl (C=O) groups excluding carboxylic acids is 2. The minimum absolute atomic E-state index is 0.0198. The van der Waals surface area contributed by atoms with Crippen molar-refractivity contribution in [2.75, 3.05) is 52.9 Å². The molecule has 0 bridgehead atoms. The Bertz CT molecular complexity index is 773. The van der Waals surface area contributed by atoms with Gasteiger partial charge in [0.25, 0.3) is 5.91 Å². The number of piperidine rings is 1. The number of carbonyl (C=O) groups is 2. The Kier molecular flexibility index (Phi) is 6.54. The second kappa shape index (κ2) is 9.31. The van der Waals surface area contributed by atoms with E-state index in [0.29, 0.717) is 45.1 Å². The van der Waals surface area contributed by atoms with E-state index in [9.17, 15) is 9.59 Å². The van der Waals surface area contributed by atoms with Crippen LogP contribution in [0.25, 0.3) is 0 Å². The maximum Gasteiger partial charge on any atom is 0.256 e. The Morgan fingerprint density at radius 3 is 2.67 bits per heavy atom. The van der Waals surface area contributed by atoms with Gasteiger partial charge in [-0.15, -0.1) is 0 Å². The highest BCUT2D eigenvalue weighted by molar-refractivity contribution is 5.86. The Morgan fingerprint density at radius 2 is 1.90 bits per heavy atom. The van der Waals surface area contributed by atoms with E-state index in [1.54, 1.807) is 4.90 Å². The Labute approximate surface area is 179 Å². The lowest BCUT2D eigenvalue weighted by Gasteiger charge is -2.42. The number of ether oxygens (including phenoxy) is 1. The van der Waals surface area contributed by atoms with Crippen LogP contribution in [-0.4, -0.2) is 85.0 Å². The van der Waals surface area contributed by atoms with Crippen molar-refractivity contribution in [3.05, 3.63) is 48.0 Å². The van der Waals surface area contributed by atoms with Crippen molar-refractivity contribution in [1.82, 2.24) is 14.7 Å². The number of likely N-dealkylation sites (tertiary alicyclic amines) is 1. The topological polar surface area (TPSA) is 53.1 Å². The summed E-state index contributed by atoms with van der Waals surface area (Å²) in [6.07, 6.45) is 7.83. The third-order valence-electron chi connectivity index (χ3n) is 6.69. The highest BCUT2D eigenvalue weighted by Gasteiger charge is 2.45. The third kappa shape index (κ3) is 4.76. The van der Waals surface area contributed by atoms with E-state index in [2.05, 4.69) is 35.2 Å². The SMILES string of the molecule is CN1CC=CC[C@@]2(CN(CC(=O)N3CCC(Cc4ccccc4)CC3)CCO2)C1=O. The molecule has 0 saturated carbocycles. The number of hydrogen-bond acceptors (Lipinski definition) is 4. The van der Waals surface area contributed by atoms with Crippen molar-refractivity contribution in [3.8, 4) is 0 Å². The minimum atomic E-state index is -0.844. The molecule has 2 amide bonds. The maximum absolute atomic E-state index is 13.0. The van der Waals surface area contributed by atoms with Crippen molar-refractivity contribution in [3.63, 3.8) is 0 Å². The van der Waals surface area contributed by atoms with Gasteiger partial charge in [0.15, 0.2) is 5.60 Å². The first-order valence-corrected chi connectivity index (χ1v) is 11.1. The molecule has 0 unspecified atom stereocenters. The quantitative estimate of drug-likeness (QED) is 0.711. The van der Waals surface area contributed by atoms with Crippen molar-refractivity contribution < 1.29 is 14.3 Å². The molecule has 1 atom stereocenters. The van der Waals surface area contributed by atoms with E-state index in [-0.39, 0.29) is 11.8 Å². The first-order valence-electron chi connectivity index (χ1n) is 11.1. The molecule has 1 aromatic rings. The van der Waals surface area contributed by atoms with Gasteiger partial charge < -0.3 is 14.5 Å². The minimum Gasteiger partial charge on any atom is -0.362 e. The average molecular weight is 412 g/mol. The molecule has 1 aromatic carbocycles. The summed E-state index contributed by atoms with van der Waals surface area (Å²) >= 11 is 0. The van der Waals surface area contributed by atoms with E-state index in [1.807, 2.05) is 24.1 Å². The lowest BCUT2D eigenvalue weighted by Crippen LogP contribution is -2.60. The Morgan fingerprint density at radius 1 is 1.13 bits per heavy atom. The summed E-state index contributed by atoms with van der Waals surface area (Å²) in [5, 5.41) is 0. The van der Waals surface area contributed by atoms with E-state index in [4.69, 9.17) is 4.74 Å². The number of rotatable bonds is 4. The number of nitrogens with zero attached hydrogens (tertiary/aromatic N) is 3. The van der Waals surface area contributed by atoms with Gasteiger partial charge in [-0.2, -0.15) is 0 Å². The predicted molar refractivity (Wildman–Crippen MR) is 116 cm³/mol. The van der Waals surface area contributed by atoms with E-state index in [1.165, 1.54) is 5.56 Å². The van der Waals surface area contributed by atoms with Crippen molar-refractivity contribution >= 4 is 11.8 Å². The zero-order valence-electron chi connectivity index (χ0n) is 18.0. The van der Waals surface area contributed by atoms with E-state index >= 15 is 0 Å². The summed E-state index contributed by atoms with van der Waals surface area (Å²) < 4.78 is 5.99. The number of likely N-dealkylation sites (N-methyl/N-ethyl adjacent to an activating group) is 1. The lowest BCUT2D eigenvalue weighted by molar-refractivity contribution is -0.169. The molecular formula is C24H33N3O3. The van der Waals surface area contributed by atoms with Crippen LogP contribution in [0.4, 0.5) is 0 Å². The first kappa shape index (κ1) is 21.1. The van der Waals surface area contributed by atoms with Crippen molar-refractivity contribution in [2.45, 2.75) is 31.3 Å². The summed E-state index contributed by atoms with van der Waals surface area (Å²) in [7, 11) is 1.81. The van der Waals surface area contributed by atoms with Gasteiger partial charge in [0.1, 0.15) is 0 Å². The van der Waals surface area contributed by atoms with Gasteiger partial charge in [-0.1, -0.05) is 42.5 Å². The van der Waals surface area contributed by atoms with Crippen LogP contribution in [0.15, 0.2) is 42.5 Å². The number of hydrogen-bond donors (Lipinski definition) is 0. The fraction of sp³-hybridized carbons (Fsp3) is 0.583. The normalized spacial score (nSPS) is 26.2. The highest BCUT2D eigenvalue weighted by atomic mass is 16.5. The molecule has 6 heteroatoms. The van der Waals surface area contributed by atoms with Gasteiger partial charge in [0.05, 0.1) is 13.2 Å². The van der Waals surface area contributed by atoms with Crippen LogP contribution in [-0.2, 0) is 20.7 Å². The Balaban J connectivity index is 1.29. The summed E-state index contributed by atoms with van der Waals surface area (Å²) in [6.45, 7) is 4.30. The predicted octanol–water partition coefficient (Wildman–Crippen LogP) is 1.96. The molecule has 3 aliphatic rings. The van der Waals surface area contributed by atoms with Crippen LogP contribution in [0, 0.1) is 5.92 Å². The van der Waals surface area contributed by atoms with E-state index in [0.717, 1.165) is 32.4 Å². The van der Waals surface area contributed by atoms with Crippen LogP contribution in [0.2, 0.25) is 0 Å². The average Bonchev–Trinajstić information content (AvgIpc) is 2.89. The zero-order valence-corrected chi connectivity index (χ0v) is 18.0. The van der Waals surface area contributed by atoms with Crippen LogP contribution in [0.5, 0.6) is 0 Å². The summed E-state index contributed by atoms with van der Waals surface area (Å²) in [5.41, 5.74) is 0.538. The highest BCUT2D eigenvalue weighted by Crippen LogP contribution is 2.27. The van der Waals surface area contributed by atoms with Crippen LogP contribution in [0.1, 0.15) is 24.8 Å². The largest absolute Gasteiger partial charge is 0.362 e. The zero-order chi connectivity index (χ0) is 21.0. The van der Waals surface area contributed by atoms with Crippen molar-refractivity contribution in [1.29, 1.82) is 0 Å². The number of morpholine rings is 1. The van der Waals surface area contributed by atoms with Gasteiger partial charge in [-0.25, -0.2) is 0 Å². The molecule has 30 heavy (non-hydrogen) atoms. The molecule has 1 spiro atoms. The molecule has 3 aliphatic heterocycles. The molecule has 0 N–H and O–H groups in total. The van der Waals surface area contributed by atoms with Crippen molar-refractivity contribution in [2.24, 2.45) is 5.92 Å². The fourth-order valence-electron chi connectivity index (χ4n) is 4.89. The summed E-state index contributed by atoms with van der Waals surface area (Å²) in [4.78, 5) is 31.7. The van der Waals surface area contributed by atoms with Gasteiger partial charge in [-0.3, -0.25) is 14.5 Å². The molecule has 6 nitrogen and oxygen atoms in total. The van der Waals surface area contributed by atoms with Gasteiger partial charge >= 0.3 is 0 Å². The molecule has 2 fully saturated rings. The van der Waals surface area contributed by atoms with Gasteiger partial charge in [0.2, 0.25) is 5.91 Å². The Hall–Kier alpha value is -2.18. The molecule has 0 aromatic heterocycles. The molecule has 3 heterocycles. The van der Waals surface area contributed by atoms with E-state index < -0.39 is 5.60 Å². The summed E-state index contributed by atoms with van der Waals surface area (Å²) in [5.74, 6) is 0.843. The number of benzene rings is 1. The molecule has 162 valence electrons. The lowest BCUT2D eigenvalue weighted by atomic mass is 9.90.